The highest BCUT2D eigenvalue weighted by molar-refractivity contribution is 5.49. The van der Waals surface area contributed by atoms with Gasteiger partial charge in [0.2, 0.25) is 0 Å². The zero-order chi connectivity index (χ0) is 12.1. The second-order valence-electron chi connectivity index (χ2n) is 3.97. The van der Waals surface area contributed by atoms with Gasteiger partial charge in [-0.05, 0) is 38.1 Å². The minimum atomic E-state index is 0.854. The number of nitrogens with one attached hydrogen (secondary N) is 1. The number of benzene rings is 2. The van der Waals surface area contributed by atoms with E-state index in [4.69, 9.17) is 4.74 Å². The number of hydrogen-bond acceptors (Lipinski definition) is 2. The molecule has 0 aliphatic heterocycles. The lowest BCUT2D eigenvalue weighted by Gasteiger charge is -2.08. The van der Waals surface area contributed by atoms with Crippen LogP contribution in [0.2, 0.25) is 0 Å². The lowest BCUT2D eigenvalue weighted by molar-refractivity contribution is 0.483. The number of ether oxygens (including phenoxy) is 1. The Morgan fingerprint density at radius 2 is 1.76 bits per heavy atom. The van der Waals surface area contributed by atoms with E-state index in [1.807, 2.05) is 48.5 Å². The van der Waals surface area contributed by atoms with Crippen LogP contribution in [-0.4, -0.2) is 6.54 Å². The molecule has 0 heterocycles. The molecule has 2 rings (SSSR count). The number of rotatable bonds is 4. The van der Waals surface area contributed by atoms with Crippen LogP contribution in [0.25, 0.3) is 0 Å². The molecule has 0 fully saturated rings. The molecule has 1 N–H and O–H groups in total. The molecule has 2 aromatic carbocycles. The molecule has 17 heavy (non-hydrogen) atoms. The highest BCUT2D eigenvalue weighted by atomic mass is 16.5. The van der Waals surface area contributed by atoms with Crippen molar-refractivity contribution >= 4 is 5.69 Å². The molecule has 0 saturated carbocycles. The Morgan fingerprint density at radius 3 is 2.47 bits per heavy atom. The third kappa shape index (κ3) is 3.25. The monoisotopic (exact) mass is 227 g/mol. The Bertz CT molecular complexity index is 477. The molecule has 0 saturated heterocycles. The average Bonchev–Trinajstić information content (AvgIpc) is 2.33. The third-order valence-corrected chi connectivity index (χ3v) is 2.47. The number of aryl methyl sites for hydroxylation is 1. The first kappa shape index (κ1) is 11.5. The van der Waals surface area contributed by atoms with E-state index >= 15 is 0 Å². The van der Waals surface area contributed by atoms with Crippen LogP contribution in [0.1, 0.15) is 12.5 Å². The van der Waals surface area contributed by atoms with Gasteiger partial charge in [-0.25, -0.2) is 0 Å². The Labute approximate surface area is 102 Å². The van der Waals surface area contributed by atoms with Gasteiger partial charge in [0.25, 0.3) is 0 Å². The van der Waals surface area contributed by atoms with Gasteiger partial charge in [0.05, 0.1) is 0 Å². The maximum atomic E-state index is 5.78. The maximum absolute atomic E-state index is 5.78. The predicted molar refractivity (Wildman–Crippen MR) is 71.9 cm³/mol. The van der Waals surface area contributed by atoms with Crippen LogP contribution in [0.4, 0.5) is 5.69 Å². The van der Waals surface area contributed by atoms with Crippen LogP contribution in [0.15, 0.2) is 48.5 Å². The summed E-state index contributed by atoms with van der Waals surface area (Å²) in [4.78, 5) is 0. The molecule has 0 aromatic heterocycles. The summed E-state index contributed by atoms with van der Waals surface area (Å²) in [5, 5.41) is 3.26. The first-order valence-corrected chi connectivity index (χ1v) is 5.86. The highest BCUT2D eigenvalue weighted by Crippen LogP contribution is 2.24. The number of hydrogen-bond donors (Lipinski definition) is 1. The van der Waals surface area contributed by atoms with Gasteiger partial charge in [0, 0.05) is 18.3 Å². The molecule has 0 unspecified atom stereocenters. The Kier molecular flexibility index (Phi) is 3.66. The molecule has 88 valence electrons. The highest BCUT2D eigenvalue weighted by Gasteiger charge is 1.98. The largest absolute Gasteiger partial charge is 0.457 e. The third-order valence-electron chi connectivity index (χ3n) is 2.47. The van der Waals surface area contributed by atoms with Gasteiger partial charge in [0.1, 0.15) is 11.5 Å². The second kappa shape index (κ2) is 5.39. The first-order chi connectivity index (χ1) is 8.28. The van der Waals surface area contributed by atoms with E-state index in [9.17, 15) is 0 Å². The Morgan fingerprint density at radius 1 is 1.00 bits per heavy atom. The Hall–Kier alpha value is -1.96. The SMILES string of the molecule is CCNc1cccc(Oc2ccc(C)cc2)c1. The van der Waals surface area contributed by atoms with Crippen LogP contribution in [0.3, 0.4) is 0 Å². The molecule has 2 heteroatoms. The zero-order valence-electron chi connectivity index (χ0n) is 10.2. The summed E-state index contributed by atoms with van der Waals surface area (Å²) >= 11 is 0. The van der Waals surface area contributed by atoms with Gasteiger partial charge >= 0.3 is 0 Å². The van der Waals surface area contributed by atoms with Crippen molar-refractivity contribution in [1.29, 1.82) is 0 Å². The van der Waals surface area contributed by atoms with Crippen molar-refractivity contribution in [1.82, 2.24) is 0 Å². The fraction of sp³-hybridized carbons (Fsp3) is 0.200. The summed E-state index contributed by atoms with van der Waals surface area (Å²) in [6, 6.07) is 16.0. The minimum Gasteiger partial charge on any atom is -0.457 e. The molecule has 0 spiro atoms. The van der Waals surface area contributed by atoms with Gasteiger partial charge < -0.3 is 10.1 Å². The summed E-state index contributed by atoms with van der Waals surface area (Å²) in [5.74, 6) is 1.72. The lowest BCUT2D eigenvalue weighted by atomic mass is 10.2. The Balaban J connectivity index is 2.12. The van der Waals surface area contributed by atoms with Crippen molar-refractivity contribution in [3.05, 3.63) is 54.1 Å². The molecule has 0 aliphatic rings. The van der Waals surface area contributed by atoms with Crippen molar-refractivity contribution in [3.63, 3.8) is 0 Å². The maximum Gasteiger partial charge on any atom is 0.129 e. The minimum absolute atomic E-state index is 0.854. The topological polar surface area (TPSA) is 21.3 Å². The summed E-state index contributed by atoms with van der Waals surface area (Å²) in [7, 11) is 0. The van der Waals surface area contributed by atoms with Crippen LogP contribution in [0.5, 0.6) is 11.5 Å². The van der Waals surface area contributed by atoms with Crippen molar-refractivity contribution < 1.29 is 4.74 Å². The van der Waals surface area contributed by atoms with E-state index < -0.39 is 0 Å². The van der Waals surface area contributed by atoms with Crippen LogP contribution < -0.4 is 10.1 Å². The summed E-state index contributed by atoms with van der Waals surface area (Å²) in [5.41, 5.74) is 2.32. The molecule has 0 bridgehead atoms. The van der Waals surface area contributed by atoms with E-state index in [1.165, 1.54) is 5.56 Å². The lowest BCUT2D eigenvalue weighted by Crippen LogP contribution is -1.96. The average molecular weight is 227 g/mol. The van der Waals surface area contributed by atoms with Crippen LogP contribution >= 0.6 is 0 Å². The summed E-state index contributed by atoms with van der Waals surface area (Å²) in [6.07, 6.45) is 0. The van der Waals surface area contributed by atoms with Gasteiger partial charge in [0.15, 0.2) is 0 Å². The van der Waals surface area contributed by atoms with Crippen molar-refractivity contribution in [3.8, 4) is 11.5 Å². The van der Waals surface area contributed by atoms with Crippen molar-refractivity contribution in [2.75, 3.05) is 11.9 Å². The molecular weight excluding hydrogens is 210 g/mol. The molecule has 0 amide bonds. The normalized spacial score (nSPS) is 10.0. The fourth-order valence-electron chi connectivity index (χ4n) is 1.62. The molecule has 0 atom stereocenters. The molecule has 2 nitrogen and oxygen atoms in total. The van der Waals surface area contributed by atoms with E-state index in [0.29, 0.717) is 0 Å². The first-order valence-electron chi connectivity index (χ1n) is 5.86. The summed E-state index contributed by atoms with van der Waals surface area (Å²) < 4.78 is 5.78. The standard InChI is InChI=1S/C15H17NO/c1-3-16-13-5-4-6-15(11-13)17-14-9-7-12(2)8-10-14/h4-11,16H,3H2,1-2H3. The van der Waals surface area contributed by atoms with Crippen LogP contribution in [0, 0.1) is 6.92 Å². The van der Waals surface area contributed by atoms with Crippen LogP contribution in [-0.2, 0) is 0 Å². The second-order valence-corrected chi connectivity index (χ2v) is 3.97. The zero-order valence-corrected chi connectivity index (χ0v) is 10.2. The van der Waals surface area contributed by atoms with E-state index in [2.05, 4.69) is 19.2 Å². The summed E-state index contributed by atoms with van der Waals surface area (Å²) in [6.45, 7) is 5.05. The molecule has 2 aromatic rings. The quantitative estimate of drug-likeness (QED) is 0.844. The smallest absolute Gasteiger partial charge is 0.129 e. The van der Waals surface area contributed by atoms with E-state index in [0.717, 1.165) is 23.7 Å². The number of anilines is 1. The van der Waals surface area contributed by atoms with Gasteiger partial charge in [-0.1, -0.05) is 23.8 Å². The molecular formula is C15H17NO. The van der Waals surface area contributed by atoms with Crippen molar-refractivity contribution in [2.24, 2.45) is 0 Å². The van der Waals surface area contributed by atoms with Gasteiger partial charge in [-0.3, -0.25) is 0 Å². The van der Waals surface area contributed by atoms with Crippen molar-refractivity contribution in [2.45, 2.75) is 13.8 Å². The van der Waals surface area contributed by atoms with Gasteiger partial charge in [-0.15, -0.1) is 0 Å². The van der Waals surface area contributed by atoms with E-state index in [1.54, 1.807) is 0 Å². The predicted octanol–water partition coefficient (Wildman–Crippen LogP) is 4.22. The van der Waals surface area contributed by atoms with Gasteiger partial charge in [-0.2, -0.15) is 0 Å². The van der Waals surface area contributed by atoms with E-state index in [-0.39, 0.29) is 0 Å². The molecule has 0 radical (unpaired) electrons. The fourth-order valence-corrected chi connectivity index (χ4v) is 1.62. The molecule has 0 aliphatic carbocycles.